The molecule has 1 heterocycles. The third-order valence-electron chi connectivity index (χ3n) is 6.16. The van der Waals surface area contributed by atoms with Crippen molar-refractivity contribution in [2.24, 2.45) is 0 Å². The number of nitrogens with zero attached hydrogens (tertiary/aromatic N) is 5. The van der Waals surface area contributed by atoms with Gasteiger partial charge in [0.2, 0.25) is 5.95 Å². The molecule has 0 saturated heterocycles. The van der Waals surface area contributed by atoms with Crippen LogP contribution in [0.25, 0.3) is 0 Å². The van der Waals surface area contributed by atoms with Gasteiger partial charge in [-0.05, 0) is 43.7 Å². The fourth-order valence-corrected chi connectivity index (χ4v) is 5.03. The zero-order valence-electron chi connectivity index (χ0n) is 23.4. The number of anilines is 3. The van der Waals surface area contributed by atoms with Crippen molar-refractivity contribution in [3.05, 3.63) is 66.1 Å². The van der Waals surface area contributed by atoms with Gasteiger partial charge in [0.1, 0.15) is 28.2 Å². The summed E-state index contributed by atoms with van der Waals surface area (Å²) in [6.45, 7) is 4.88. The minimum absolute atomic E-state index is 0.0228. The number of rotatable bonds is 12. The third kappa shape index (κ3) is 7.39. The van der Waals surface area contributed by atoms with Crippen molar-refractivity contribution >= 4 is 39.5 Å². The minimum atomic E-state index is -4.39. The van der Waals surface area contributed by atoms with Gasteiger partial charge in [0.05, 0.1) is 6.20 Å². The Kier molecular flexibility index (Phi) is 10.1. The molecule has 1 atom stereocenters. The van der Waals surface area contributed by atoms with E-state index < -0.39 is 38.8 Å². The number of carboxylic acids is 1. The van der Waals surface area contributed by atoms with Gasteiger partial charge >= 0.3 is 12.1 Å². The highest BCUT2D eigenvalue weighted by atomic mass is 32.2. The summed E-state index contributed by atoms with van der Waals surface area (Å²) >= 11 is 0. The number of ether oxygens (including phenoxy) is 1. The molecule has 0 fully saturated rings. The van der Waals surface area contributed by atoms with Crippen LogP contribution in [0, 0.1) is 5.82 Å². The van der Waals surface area contributed by atoms with Crippen LogP contribution in [0.1, 0.15) is 19.4 Å². The van der Waals surface area contributed by atoms with Gasteiger partial charge in [-0.1, -0.05) is 24.3 Å². The largest absolute Gasteiger partial charge is 0.480 e. The molecule has 1 aromatic heterocycles. The van der Waals surface area contributed by atoms with Gasteiger partial charge in [0, 0.05) is 40.7 Å². The molecule has 0 spiro atoms. The second-order valence-corrected chi connectivity index (χ2v) is 11.1. The van der Waals surface area contributed by atoms with E-state index in [1.165, 1.54) is 30.3 Å². The number of carbonyl (C=O) groups excluding carboxylic acids is 1. The molecule has 0 bridgehead atoms. The lowest BCUT2D eigenvalue weighted by Crippen LogP contribution is -2.35. The topological polar surface area (TPSA) is 145 Å². The number of aromatic nitrogens is 2. The van der Waals surface area contributed by atoms with E-state index in [0.29, 0.717) is 18.7 Å². The second-order valence-electron chi connectivity index (χ2n) is 9.12. The van der Waals surface area contributed by atoms with Gasteiger partial charge in [-0.15, -0.1) is 0 Å². The molecule has 1 amide bonds. The summed E-state index contributed by atoms with van der Waals surface area (Å²) in [7, 11) is -0.0833. The van der Waals surface area contributed by atoms with Gasteiger partial charge in [-0.25, -0.2) is 27.4 Å². The Hall–Kier alpha value is -4.46. The van der Waals surface area contributed by atoms with Crippen LogP contribution in [-0.4, -0.2) is 80.7 Å². The Balaban J connectivity index is 1.98. The van der Waals surface area contributed by atoms with Crippen LogP contribution >= 0.6 is 0 Å². The number of carboxylic acid groups (broad SMARTS) is 1. The summed E-state index contributed by atoms with van der Waals surface area (Å²) in [6.07, 6.45) is 0.678. The number of nitrogens with one attached hydrogen (secondary N) is 1. The van der Waals surface area contributed by atoms with Gasteiger partial charge < -0.3 is 25.0 Å². The Morgan fingerprint density at radius 3 is 2.24 bits per heavy atom. The predicted molar refractivity (Wildman–Crippen MR) is 152 cm³/mol. The maximum absolute atomic E-state index is 14.5. The summed E-state index contributed by atoms with van der Waals surface area (Å²) in [6, 6.07) is 10.0. The van der Waals surface area contributed by atoms with Crippen LogP contribution in [0.3, 0.4) is 0 Å². The molecule has 12 nitrogen and oxygen atoms in total. The van der Waals surface area contributed by atoms with Crippen molar-refractivity contribution in [2.45, 2.75) is 31.2 Å². The number of benzene rings is 2. The van der Waals surface area contributed by atoms with E-state index in [1.54, 1.807) is 38.4 Å². The Bertz CT molecular complexity index is 1480. The first-order valence-electron chi connectivity index (χ1n) is 12.7. The van der Waals surface area contributed by atoms with E-state index >= 15 is 0 Å². The Morgan fingerprint density at radius 1 is 1.05 bits per heavy atom. The highest BCUT2D eigenvalue weighted by Crippen LogP contribution is 2.31. The normalized spacial score (nSPS) is 11.9. The molecule has 0 aliphatic heterocycles. The number of hydrogen-bond acceptors (Lipinski definition) is 9. The van der Waals surface area contributed by atoms with Gasteiger partial charge in [-0.3, -0.25) is 4.31 Å². The summed E-state index contributed by atoms with van der Waals surface area (Å²) in [5.74, 6) is -1.67. The van der Waals surface area contributed by atoms with E-state index in [9.17, 15) is 27.5 Å². The monoisotopic (exact) mass is 588 g/mol. The number of hydrogen-bond donors (Lipinski definition) is 2. The van der Waals surface area contributed by atoms with Crippen molar-refractivity contribution in [3.8, 4) is 5.75 Å². The van der Waals surface area contributed by atoms with Crippen LogP contribution in [0.2, 0.25) is 0 Å². The maximum Gasteiger partial charge on any atom is 0.414 e. The summed E-state index contributed by atoms with van der Waals surface area (Å²) in [5, 5.41) is 12.9. The van der Waals surface area contributed by atoms with Crippen LogP contribution in [-0.2, 0) is 21.2 Å². The second kappa shape index (κ2) is 13.3. The Morgan fingerprint density at radius 2 is 1.68 bits per heavy atom. The summed E-state index contributed by atoms with van der Waals surface area (Å²) < 4.78 is 47.1. The van der Waals surface area contributed by atoms with Crippen molar-refractivity contribution in [1.82, 2.24) is 14.9 Å². The molecule has 0 radical (unpaired) electrons. The lowest BCUT2D eigenvalue weighted by molar-refractivity contribution is -0.137. The fraction of sp³-hybridized carbons (Fsp3) is 0.333. The first kappa shape index (κ1) is 31.1. The van der Waals surface area contributed by atoms with E-state index in [0.717, 1.165) is 16.4 Å². The number of sulfonamides is 1. The van der Waals surface area contributed by atoms with Crippen molar-refractivity contribution < 1.29 is 32.2 Å². The average molecular weight is 589 g/mol. The number of carbonyl (C=O) groups is 2. The molecule has 3 aromatic rings. The van der Waals surface area contributed by atoms with E-state index in [-0.39, 0.29) is 29.6 Å². The third-order valence-corrected chi connectivity index (χ3v) is 7.96. The highest BCUT2D eigenvalue weighted by Gasteiger charge is 2.29. The lowest BCUT2D eigenvalue weighted by atomic mass is 10.1. The van der Waals surface area contributed by atoms with Gasteiger partial charge in [-0.2, -0.15) is 4.98 Å². The lowest BCUT2D eigenvalue weighted by Gasteiger charge is -2.26. The number of aliphatic carboxylic acids is 1. The maximum atomic E-state index is 14.5. The molecule has 3 rings (SSSR count). The van der Waals surface area contributed by atoms with Crippen LogP contribution < -0.4 is 19.3 Å². The predicted octanol–water partition coefficient (Wildman–Crippen LogP) is 3.46. The van der Waals surface area contributed by atoms with Crippen molar-refractivity contribution in [1.29, 1.82) is 0 Å². The van der Waals surface area contributed by atoms with E-state index in [1.807, 2.05) is 18.7 Å². The quantitative estimate of drug-likeness (QED) is 0.323. The smallest absolute Gasteiger partial charge is 0.414 e. The van der Waals surface area contributed by atoms with Crippen molar-refractivity contribution in [2.75, 3.05) is 48.8 Å². The molecule has 2 N–H and O–H groups in total. The first-order chi connectivity index (χ1) is 19.4. The molecule has 220 valence electrons. The van der Waals surface area contributed by atoms with E-state index in [2.05, 4.69) is 15.3 Å². The summed E-state index contributed by atoms with van der Waals surface area (Å²) in [5.41, 5.74) is 0.530. The molecular weight excluding hydrogens is 555 g/mol. The number of halogens is 1. The minimum Gasteiger partial charge on any atom is -0.480 e. The van der Waals surface area contributed by atoms with Crippen LogP contribution in [0.4, 0.5) is 26.6 Å². The van der Waals surface area contributed by atoms with Crippen molar-refractivity contribution in [3.63, 3.8) is 0 Å². The number of amides is 1. The standard InChI is InChI=1S/C27H33FN6O6S/c1-6-34(7-2)26-29-17-22(33(5)41(38,39)23-11-9-8-10-20(23)28)24(31-26)30-21(25(35)36)16-18-12-14-19(15-13-18)40-27(37)32(3)4/h8-15,17,21H,6-7,16H2,1-5H3,(H,35,36)(H,29,30,31). The zero-order valence-corrected chi connectivity index (χ0v) is 24.2. The SMILES string of the molecule is CCN(CC)c1ncc(N(C)S(=O)(=O)c2ccccc2F)c(NC(Cc2ccc(OC(=O)N(C)C)cc2)C(=O)O)n1. The molecule has 0 saturated carbocycles. The molecule has 41 heavy (non-hydrogen) atoms. The molecule has 14 heteroatoms. The van der Waals surface area contributed by atoms with E-state index in [4.69, 9.17) is 4.74 Å². The fourth-order valence-electron chi connectivity index (χ4n) is 3.78. The molecule has 0 aliphatic rings. The van der Waals surface area contributed by atoms with Crippen LogP contribution in [0.5, 0.6) is 5.75 Å². The Labute approximate surface area is 238 Å². The molecule has 0 aliphatic carbocycles. The zero-order chi connectivity index (χ0) is 30.3. The van der Waals surface area contributed by atoms with Crippen LogP contribution in [0.15, 0.2) is 59.6 Å². The van der Waals surface area contributed by atoms with Gasteiger partial charge in [0.15, 0.2) is 5.82 Å². The first-order valence-corrected chi connectivity index (χ1v) is 14.2. The molecule has 2 aromatic carbocycles. The summed E-state index contributed by atoms with van der Waals surface area (Å²) in [4.78, 5) is 35.4. The van der Waals surface area contributed by atoms with Gasteiger partial charge in [0.25, 0.3) is 10.0 Å². The average Bonchev–Trinajstić information content (AvgIpc) is 2.94. The molecule has 1 unspecified atom stereocenters. The highest BCUT2D eigenvalue weighted by molar-refractivity contribution is 7.92. The molecular formula is C27H33FN6O6S.